The molecule has 4 nitrogen and oxygen atoms in total. The summed E-state index contributed by atoms with van der Waals surface area (Å²) in [7, 11) is 1.85. The van der Waals surface area contributed by atoms with Gasteiger partial charge in [0.2, 0.25) is 5.91 Å². The van der Waals surface area contributed by atoms with E-state index in [1.807, 2.05) is 31.4 Å². The normalized spacial score (nSPS) is 19.4. The van der Waals surface area contributed by atoms with Crippen LogP contribution >= 0.6 is 15.9 Å². The Morgan fingerprint density at radius 2 is 2.20 bits per heavy atom. The summed E-state index contributed by atoms with van der Waals surface area (Å²) >= 11 is 3.57. The largest absolute Gasteiger partial charge is 0.365 e. The Balaban J connectivity index is 1.88. The molecule has 1 saturated heterocycles. The number of anilines is 1. The van der Waals surface area contributed by atoms with E-state index in [0.29, 0.717) is 6.42 Å². The van der Waals surface area contributed by atoms with Crippen LogP contribution in [0.4, 0.5) is 5.82 Å². The maximum absolute atomic E-state index is 11.5. The molecule has 1 atom stereocenters. The van der Waals surface area contributed by atoms with Crippen molar-refractivity contribution >= 4 is 38.4 Å². The summed E-state index contributed by atoms with van der Waals surface area (Å²) in [5.41, 5.74) is 0. The molecule has 2 heterocycles. The number of likely N-dealkylation sites (N-methyl/N-ethyl adjacent to an activating group) is 1. The van der Waals surface area contributed by atoms with Crippen molar-refractivity contribution in [1.29, 1.82) is 0 Å². The van der Waals surface area contributed by atoms with Crippen LogP contribution in [-0.2, 0) is 4.79 Å². The minimum absolute atomic E-state index is 0.219. The predicted octanol–water partition coefficient (Wildman–Crippen LogP) is 3.03. The first-order valence-electron chi connectivity index (χ1n) is 6.69. The number of halogens is 1. The molecule has 1 unspecified atom stereocenters. The van der Waals surface area contributed by atoms with Crippen LogP contribution in [0.2, 0.25) is 0 Å². The van der Waals surface area contributed by atoms with Crippen molar-refractivity contribution in [2.45, 2.75) is 18.9 Å². The molecule has 1 N–H and O–H groups in total. The number of benzene rings is 1. The van der Waals surface area contributed by atoms with Crippen LogP contribution in [0.1, 0.15) is 12.8 Å². The number of carbonyl (C=O) groups excluding carboxylic acids is 1. The van der Waals surface area contributed by atoms with E-state index in [9.17, 15) is 4.79 Å². The van der Waals surface area contributed by atoms with Gasteiger partial charge in [0.05, 0.1) is 0 Å². The number of carbonyl (C=O) groups is 1. The van der Waals surface area contributed by atoms with E-state index in [0.717, 1.165) is 34.0 Å². The number of rotatable bonds is 2. The highest BCUT2D eigenvalue weighted by atomic mass is 79.9. The first kappa shape index (κ1) is 13.4. The Hall–Kier alpha value is -1.62. The Kier molecular flexibility index (Phi) is 3.61. The summed E-state index contributed by atoms with van der Waals surface area (Å²) in [5.74, 6) is 1.10. The zero-order valence-corrected chi connectivity index (χ0v) is 12.9. The maximum Gasteiger partial charge on any atom is 0.222 e. The average Bonchev–Trinajstić information content (AvgIpc) is 2.44. The summed E-state index contributed by atoms with van der Waals surface area (Å²) in [4.78, 5) is 17.8. The summed E-state index contributed by atoms with van der Waals surface area (Å²) in [5, 5.41) is 5.72. The zero-order valence-electron chi connectivity index (χ0n) is 11.3. The van der Waals surface area contributed by atoms with Crippen molar-refractivity contribution in [2.75, 3.05) is 18.9 Å². The van der Waals surface area contributed by atoms with Gasteiger partial charge in [0.1, 0.15) is 5.82 Å². The van der Waals surface area contributed by atoms with E-state index in [1.54, 1.807) is 4.90 Å². The molecule has 5 heteroatoms. The third-order valence-corrected chi connectivity index (χ3v) is 4.41. The monoisotopic (exact) mass is 333 g/mol. The third-order valence-electron chi connectivity index (χ3n) is 3.72. The van der Waals surface area contributed by atoms with Gasteiger partial charge in [0.25, 0.3) is 0 Å². The van der Waals surface area contributed by atoms with Crippen LogP contribution in [0, 0.1) is 0 Å². The lowest BCUT2D eigenvalue weighted by Gasteiger charge is -2.30. The van der Waals surface area contributed by atoms with Crippen LogP contribution in [-0.4, -0.2) is 35.4 Å². The molecule has 1 amide bonds. The van der Waals surface area contributed by atoms with Gasteiger partial charge in [-0.25, -0.2) is 4.98 Å². The summed E-state index contributed by atoms with van der Waals surface area (Å²) < 4.78 is 1.07. The van der Waals surface area contributed by atoms with Gasteiger partial charge < -0.3 is 10.2 Å². The number of nitrogens with zero attached hydrogens (tertiary/aromatic N) is 2. The predicted molar refractivity (Wildman–Crippen MR) is 83.7 cm³/mol. The molecule has 0 spiro atoms. The zero-order chi connectivity index (χ0) is 14.1. The Morgan fingerprint density at radius 1 is 1.35 bits per heavy atom. The Bertz CT molecular complexity index is 659. The lowest BCUT2D eigenvalue weighted by molar-refractivity contribution is -0.132. The second kappa shape index (κ2) is 5.40. The molecule has 1 aliphatic heterocycles. The van der Waals surface area contributed by atoms with Gasteiger partial charge >= 0.3 is 0 Å². The SMILES string of the molecule is CN1CC(Nc2nccc3c(Br)cccc23)CCC1=O. The fourth-order valence-electron chi connectivity index (χ4n) is 2.61. The van der Waals surface area contributed by atoms with Gasteiger partial charge in [0, 0.05) is 47.5 Å². The van der Waals surface area contributed by atoms with Gasteiger partial charge in [-0.05, 0) is 18.6 Å². The van der Waals surface area contributed by atoms with Crippen LogP contribution in [0.15, 0.2) is 34.9 Å². The van der Waals surface area contributed by atoms with Crippen molar-refractivity contribution < 1.29 is 4.79 Å². The molecule has 3 rings (SSSR count). The number of nitrogens with one attached hydrogen (secondary N) is 1. The summed E-state index contributed by atoms with van der Waals surface area (Å²) in [6, 6.07) is 8.36. The van der Waals surface area contributed by atoms with Crippen molar-refractivity contribution in [3.8, 4) is 0 Å². The minimum atomic E-state index is 0.219. The summed E-state index contributed by atoms with van der Waals surface area (Å²) in [6.45, 7) is 0.727. The smallest absolute Gasteiger partial charge is 0.222 e. The fraction of sp³-hybridized carbons (Fsp3) is 0.333. The van der Waals surface area contributed by atoms with E-state index < -0.39 is 0 Å². The van der Waals surface area contributed by atoms with E-state index in [-0.39, 0.29) is 11.9 Å². The Morgan fingerprint density at radius 3 is 3.00 bits per heavy atom. The van der Waals surface area contributed by atoms with Gasteiger partial charge in [-0.3, -0.25) is 4.79 Å². The molecule has 1 aromatic heterocycles. The number of aromatic nitrogens is 1. The van der Waals surface area contributed by atoms with Crippen LogP contribution in [0.3, 0.4) is 0 Å². The molecule has 0 bridgehead atoms. The molecule has 0 radical (unpaired) electrons. The number of fused-ring (bicyclic) bond motifs is 1. The Labute approximate surface area is 126 Å². The molecule has 2 aromatic rings. The standard InChI is InChI=1S/C15H16BrN3O/c1-19-9-10(5-6-14(19)20)18-15-12-3-2-4-13(16)11(12)7-8-17-15/h2-4,7-8,10H,5-6,9H2,1H3,(H,17,18). The minimum Gasteiger partial charge on any atom is -0.365 e. The van der Waals surface area contributed by atoms with Crippen LogP contribution in [0.25, 0.3) is 10.8 Å². The van der Waals surface area contributed by atoms with Gasteiger partial charge in [-0.15, -0.1) is 0 Å². The second-order valence-corrected chi connectivity index (χ2v) is 6.00. The third kappa shape index (κ3) is 2.50. The number of pyridine rings is 1. The molecule has 1 aliphatic rings. The van der Waals surface area contributed by atoms with E-state index in [2.05, 4.69) is 32.3 Å². The number of piperidine rings is 1. The van der Waals surface area contributed by atoms with Gasteiger partial charge in [0.15, 0.2) is 0 Å². The second-order valence-electron chi connectivity index (χ2n) is 5.15. The van der Waals surface area contributed by atoms with E-state index in [1.165, 1.54) is 0 Å². The quantitative estimate of drug-likeness (QED) is 0.918. The first-order chi connectivity index (χ1) is 9.65. The highest BCUT2D eigenvalue weighted by Gasteiger charge is 2.23. The van der Waals surface area contributed by atoms with Crippen LogP contribution in [0.5, 0.6) is 0 Å². The average molecular weight is 334 g/mol. The first-order valence-corrected chi connectivity index (χ1v) is 7.48. The molecule has 20 heavy (non-hydrogen) atoms. The molecule has 0 aliphatic carbocycles. The highest BCUT2D eigenvalue weighted by molar-refractivity contribution is 9.10. The maximum atomic E-state index is 11.5. The van der Waals surface area contributed by atoms with Gasteiger partial charge in [-0.2, -0.15) is 0 Å². The van der Waals surface area contributed by atoms with E-state index >= 15 is 0 Å². The number of hydrogen-bond acceptors (Lipinski definition) is 3. The topological polar surface area (TPSA) is 45.2 Å². The summed E-state index contributed by atoms with van der Waals surface area (Å²) in [6.07, 6.45) is 3.27. The van der Waals surface area contributed by atoms with Gasteiger partial charge in [-0.1, -0.05) is 28.1 Å². The van der Waals surface area contributed by atoms with Crippen molar-refractivity contribution in [2.24, 2.45) is 0 Å². The number of likely N-dealkylation sites (tertiary alicyclic amines) is 1. The molecular weight excluding hydrogens is 318 g/mol. The van der Waals surface area contributed by atoms with Crippen molar-refractivity contribution in [3.63, 3.8) is 0 Å². The lowest BCUT2D eigenvalue weighted by atomic mass is 10.1. The molecule has 104 valence electrons. The molecule has 1 aromatic carbocycles. The fourth-order valence-corrected chi connectivity index (χ4v) is 3.11. The molecular formula is C15H16BrN3O. The van der Waals surface area contributed by atoms with Crippen molar-refractivity contribution in [1.82, 2.24) is 9.88 Å². The van der Waals surface area contributed by atoms with Crippen LogP contribution < -0.4 is 5.32 Å². The van der Waals surface area contributed by atoms with E-state index in [4.69, 9.17) is 0 Å². The number of hydrogen-bond donors (Lipinski definition) is 1. The number of amides is 1. The highest BCUT2D eigenvalue weighted by Crippen LogP contribution is 2.28. The van der Waals surface area contributed by atoms with Crippen molar-refractivity contribution in [3.05, 3.63) is 34.9 Å². The molecule has 1 fully saturated rings. The molecule has 0 saturated carbocycles. The lowest BCUT2D eigenvalue weighted by Crippen LogP contribution is -2.43.